The summed E-state index contributed by atoms with van der Waals surface area (Å²) < 4.78 is 5.16. The third-order valence-electron chi connectivity index (χ3n) is 3.07. The van der Waals surface area contributed by atoms with Crippen molar-refractivity contribution in [3.05, 3.63) is 40.2 Å². The number of nitrogens with one attached hydrogen (secondary N) is 1. The number of pyridine rings is 1. The second-order valence-electron chi connectivity index (χ2n) is 4.27. The summed E-state index contributed by atoms with van der Waals surface area (Å²) in [6, 6.07) is 7.23. The highest BCUT2D eigenvalue weighted by molar-refractivity contribution is 5.80. The zero-order valence-electron chi connectivity index (χ0n) is 9.12. The standard InChI is InChI=1S/C13H13NO2/c1-16-9-4-5-10-12(6-9)14-11(7-13(10)15)8-2-3-8/h4-8H,2-3H2,1H3,(H,14,15). The van der Waals surface area contributed by atoms with E-state index in [1.165, 1.54) is 12.8 Å². The Hall–Kier alpha value is -1.77. The van der Waals surface area contributed by atoms with Crippen LogP contribution < -0.4 is 10.2 Å². The minimum Gasteiger partial charge on any atom is -0.497 e. The van der Waals surface area contributed by atoms with E-state index in [2.05, 4.69) is 4.98 Å². The summed E-state index contributed by atoms with van der Waals surface area (Å²) in [5.41, 5.74) is 2.03. The fourth-order valence-electron chi connectivity index (χ4n) is 1.99. The van der Waals surface area contributed by atoms with E-state index in [4.69, 9.17) is 4.74 Å². The molecule has 0 bridgehead atoms. The van der Waals surface area contributed by atoms with Gasteiger partial charge in [0.15, 0.2) is 5.43 Å². The molecule has 1 heterocycles. The Bertz CT molecular complexity index is 596. The van der Waals surface area contributed by atoms with Crippen molar-refractivity contribution in [2.45, 2.75) is 18.8 Å². The van der Waals surface area contributed by atoms with Crippen molar-refractivity contribution >= 4 is 10.9 Å². The van der Waals surface area contributed by atoms with Crippen molar-refractivity contribution in [3.63, 3.8) is 0 Å². The van der Waals surface area contributed by atoms with Crippen molar-refractivity contribution in [2.24, 2.45) is 0 Å². The molecule has 3 nitrogen and oxygen atoms in total. The second-order valence-corrected chi connectivity index (χ2v) is 4.27. The fourth-order valence-corrected chi connectivity index (χ4v) is 1.99. The van der Waals surface area contributed by atoms with Gasteiger partial charge in [0, 0.05) is 23.2 Å². The van der Waals surface area contributed by atoms with Gasteiger partial charge in [-0.15, -0.1) is 0 Å². The van der Waals surface area contributed by atoms with Gasteiger partial charge in [-0.2, -0.15) is 0 Å². The van der Waals surface area contributed by atoms with E-state index >= 15 is 0 Å². The molecule has 1 aliphatic carbocycles. The number of hydrogen-bond acceptors (Lipinski definition) is 2. The summed E-state index contributed by atoms with van der Waals surface area (Å²) in [6.45, 7) is 0. The molecular formula is C13H13NO2. The molecule has 82 valence electrons. The molecule has 0 aliphatic heterocycles. The topological polar surface area (TPSA) is 42.1 Å². The van der Waals surface area contributed by atoms with Crippen LogP contribution in [-0.4, -0.2) is 12.1 Å². The van der Waals surface area contributed by atoms with Gasteiger partial charge in [0.05, 0.1) is 12.6 Å². The van der Waals surface area contributed by atoms with Gasteiger partial charge in [0.2, 0.25) is 0 Å². The molecule has 1 aromatic carbocycles. The SMILES string of the molecule is COc1ccc2c(=O)cc(C3CC3)[nH]c2c1. The van der Waals surface area contributed by atoms with Crippen molar-refractivity contribution in [1.82, 2.24) is 4.98 Å². The number of fused-ring (bicyclic) bond motifs is 1. The highest BCUT2D eigenvalue weighted by atomic mass is 16.5. The minimum absolute atomic E-state index is 0.0957. The number of aromatic amines is 1. The van der Waals surface area contributed by atoms with Crippen molar-refractivity contribution in [1.29, 1.82) is 0 Å². The average Bonchev–Trinajstić information content (AvgIpc) is 3.12. The van der Waals surface area contributed by atoms with Crippen LogP contribution in [-0.2, 0) is 0 Å². The van der Waals surface area contributed by atoms with Crippen molar-refractivity contribution in [2.75, 3.05) is 7.11 Å². The third-order valence-corrected chi connectivity index (χ3v) is 3.07. The largest absolute Gasteiger partial charge is 0.497 e. The Kier molecular flexibility index (Phi) is 1.99. The maximum atomic E-state index is 11.9. The Balaban J connectivity index is 2.25. The number of hydrogen-bond donors (Lipinski definition) is 1. The van der Waals surface area contributed by atoms with Gasteiger partial charge in [0.25, 0.3) is 0 Å². The molecular weight excluding hydrogens is 202 g/mol. The molecule has 16 heavy (non-hydrogen) atoms. The van der Waals surface area contributed by atoms with E-state index in [9.17, 15) is 4.79 Å². The summed E-state index contributed by atoms with van der Waals surface area (Å²) >= 11 is 0. The van der Waals surface area contributed by atoms with Crippen LogP contribution in [0.15, 0.2) is 29.1 Å². The first-order valence-corrected chi connectivity index (χ1v) is 5.49. The molecule has 1 aromatic heterocycles. The van der Waals surface area contributed by atoms with Gasteiger partial charge in [0.1, 0.15) is 5.75 Å². The van der Waals surface area contributed by atoms with Crippen LogP contribution in [0, 0.1) is 0 Å². The normalized spacial score (nSPS) is 15.3. The fraction of sp³-hybridized carbons (Fsp3) is 0.308. The average molecular weight is 215 g/mol. The van der Waals surface area contributed by atoms with E-state index in [1.807, 2.05) is 18.2 Å². The molecule has 2 aromatic rings. The predicted octanol–water partition coefficient (Wildman–Crippen LogP) is 2.41. The van der Waals surface area contributed by atoms with Crippen LogP contribution in [0.2, 0.25) is 0 Å². The number of ether oxygens (including phenoxy) is 1. The molecule has 0 amide bonds. The Labute approximate surface area is 93.1 Å². The van der Waals surface area contributed by atoms with E-state index < -0.39 is 0 Å². The van der Waals surface area contributed by atoms with Gasteiger partial charge < -0.3 is 9.72 Å². The highest BCUT2D eigenvalue weighted by Gasteiger charge is 2.24. The van der Waals surface area contributed by atoms with Gasteiger partial charge in [-0.05, 0) is 30.9 Å². The third kappa shape index (κ3) is 1.48. The van der Waals surface area contributed by atoms with Crippen LogP contribution >= 0.6 is 0 Å². The monoisotopic (exact) mass is 215 g/mol. The minimum atomic E-state index is 0.0957. The van der Waals surface area contributed by atoms with Crippen LogP contribution in [0.3, 0.4) is 0 Å². The second kappa shape index (κ2) is 3.37. The van der Waals surface area contributed by atoms with E-state index in [0.29, 0.717) is 5.92 Å². The Morgan fingerprint density at radius 2 is 2.12 bits per heavy atom. The first kappa shape index (κ1) is 9.46. The van der Waals surface area contributed by atoms with Crippen LogP contribution in [0.25, 0.3) is 10.9 Å². The summed E-state index contributed by atoms with van der Waals surface area (Å²) in [5, 5.41) is 0.727. The zero-order valence-corrected chi connectivity index (χ0v) is 9.12. The van der Waals surface area contributed by atoms with Crippen LogP contribution in [0.5, 0.6) is 5.75 Å². The number of H-pyrrole nitrogens is 1. The molecule has 0 atom stereocenters. The van der Waals surface area contributed by atoms with Crippen molar-refractivity contribution in [3.8, 4) is 5.75 Å². The maximum Gasteiger partial charge on any atom is 0.189 e. The van der Waals surface area contributed by atoms with E-state index in [0.717, 1.165) is 22.3 Å². The Morgan fingerprint density at radius 3 is 2.81 bits per heavy atom. The van der Waals surface area contributed by atoms with Gasteiger partial charge in [-0.3, -0.25) is 4.79 Å². The number of rotatable bonds is 2. The molecule has 3 rings (SSSR count). The first-order valence-electron chi connectivity index (χ1n) is 5.49. The lowest BCUT2D eigenvalue weighted by atomic mass is 10.1. The molecule has 0 saturated heterocycles. The lowest BCUT2D eigenvalue weighted by Crippen LogP contribution is -2.04. The zero-order chi connectivity index (χ0) is 11.1. The first-order chi connectivity index (χ1) is 7.78. The van der Waals surface area contributed by atoms with Crippen LogP contribution in [0.1, 0.15) is 24.5 Å². The smallest absolute Gasteiger partial charge is 0.189 e. The van der Waals surface area contributed by atoms with Gasteiger partial charge in [-0.25, -0.2) is 0 Å². The molecule has 1 saturated carbocycles. The molecule has 1 N–H and O–H groups in total. The molecule has 1 fully saturated rings. The quantitative estimate of drug-likeness (QED) is 0.835. The van der Waals surface area contributed by atoms with E-state index in [1.54, 1.807) is 13.2 Å². The number of benzene rings is 1. The Morgan fingerprint density at radius 1 is 1.31 bits per heavy atom. The number of aromatic nitrogens is 1. The molecule has 3 heteroatoms. The molecule has 0 unspecified atom stereocenters. The summed E-state index contributed by atoms with van der Waals surface area (Å²) in [7, 11) is 1.63. The van der Waals surface area contributed by atoms with Crippen LogP contribution in [0.4, 0.5) is 0 Å². The summed E-state index contributed by atoms with van der Waals surface area (Å²) in [6.07, 6.45) is 2.37. The van der Waals surface area contributed by atoms with Gasteiger partial charge in [-0.1, -0.05) is 0 Å². The maximum absolute atomic E-state index is 11.9. The van der Waals surface area contributed by atoms with E-state index in [-0.39, 0.29) is 5.43 Å². The van der Waals surface area contributed by atoms with Crippen molar-refractivity contribution < 1.29 is 4.74 Å². The lowest BCUT2D eigenvalue weighted by molar-refractivity contribution is 0.415. The lowest BCUT2D eigenvalue weighted by Gasteiger charge is -2.04. The molecule has 0 spiro atoms. The summed E-state index contributed by atoms with van der Waals surface area (Å²) in [4.78, 5) is 15.2. The number of methoxy groups -OCH3 is 1. The highest BCUT2D eigenvalue weighted by Crippen LogP contribution is 2.38. The summed E-state index contributed by atoms with van der Waals surface area (Å²) in [5.74, 6) is 1.33. The predicted molar refractivity (Wildman–Crippen MR) is 63.1 cm³/mol. The molecule has 1 aliphatic rings. The van der Waals surface area contributed by atoms with Gasteiger partial charge >= 0.3 is 0 Å². The molecule has 0 radical (unpaired) electrons.